The van der Waals surface area contributed by atoms with Crippen molar-refractivity contribution in [3.8, 4) is 0 Å². The van der Waals surface area contributed by atoms with Crippen LogP contribution in [-0.2, 0) is 0 Å². The van der Waals surface area contributed by atoms with Gasteiger partial charge in [-0.05, 0) is 11.6 Å². The minimum absolute atomic E-state index is 1.18. The maximum absolute atomic E-state index is 3.58. The fourth-order valence-corrected chi connectivity index (χ4v) is 0.820. The van der Waals surface area contributed by atoms with Crippen molar-refractivity contribution in [2.45, 2.75) is 0 Å². The van der Waals surface area contributed by atoms with Gasteiger partial charge in [0.1, 0.15) is 0 Å². The first-order valence-corrected chi connectivity index (χ1v) is 3.85. The standard InChI is InChI=1S/C12H11/c1-2-3-4-6-9-12-10-7-5-8-11-12/h2-4,6-11H,1H2/b4-3+,9-6+. The minimum atomic E-state index is 1.18. The Balaban J connectivity index is 2.58. The number of rotatable bonds is 3. The summed E-state index contributed by atoms with van der Waals surface area (Å²) in [6, 6.07) is 10.8. The van der Waals surface area contributed by atoms with Crippen molar-refractivity contribution in [3.63, 3.8) is 0 Å². The second-order valence-corrected chi connectivity index (χ2v) is 2.31. The van der Waals surface area contributed by atoms with Gasteiger partial charge in [-0.1, -0.05) is 61.2 Å². The Kier molecular flexibility index (Phi) is 3.65. The zero-order valence-corrected chi connectivity index (χ0v) is 6.90. The summed E-state index contributed by atoms with van der Waals surface area (Å²) in [6.45, 7) is 3.58. The molecule has 0 saturated heterocycles. The van der Waals surface area contributed by atoms with E-state index in [2.05, 4.69) is 12.6 Å². The van der Waals surface area contributed by atoms with Crippen LogP contribution in [0.3, 0.4) is 0 Å². The molecular formula is C12H11. The molecule has 59 valence electrons. The summed E-state index contributed by atoms with van der Waals surface area (Å²) in [6.07, 6.45) is 9.61. The zero-order valence-electron chi connectivity index (χ0n) is 6.90. The zero-order chi connectivity index (χ0) is 8.65. The molecule has 12 heavy (non-hydrogen) atoms. The normalized spacial score (nSPS) is 11.0. The lowest BCUT2D eigenvalue weighted by atomic mass is 10.2. The molecule has 0 aromatic heterocycles. The number of hydrogen-bond donors (Lipinski definition) is 0. The van der Waals surface area contributed by atoms with Crippen LogP contribution in [0.2, 0.25) is 0 Å². The predicted molar refractivity (Wildman–Crippen MR) is 53.6 cm³/mol. The number of allylic oxidation sites excluding steroid dienone is 4. The molecule has 0 aliphatic rings. The quantitative estimate of drug-likeness (QED) is 0.588. The van der Waals surface area contributed by atoms with Gasteiger partial charge in [0.2, 0.25) is 0 Å². The van der Waals surface area contributed by atoms with E-state index in [1.165, 1.54) is 5.56 Å². The van der Waals surface area contributed by atoms with Gasteiger partial charge in [0.15, 0.2) is 0 Å². The minimum Gasteiger partial charge on any atom is -0.0991 e. The summed E-state index contributed by atoms with van der Waals surface area (Å²) in [7, 11) is 0. The molecule has 0 aliphatic carbocycles. The van der Waals surface area contributed by atoms with Crippen LogP contribution < -0.4 is 0 Å². The Morgan fingerprint density at radius 2 is 1.83 bits per heavy atom. The second-order valence-electron chi connectivity index (χ2n) is 2.31. The molecule has 1 radical (unpaired) electrons. The van der Waals surface area contributed by atoms with Gasteiger partial charge in [-0.2, -0.15) is 0 Å². The number of hydrogen-bond acceptors (Lipinski definition) is 0. The van der Waals surface area contributed by atoms with Crippen molar-refractivity contribution in [2.24, 2.45) is 0 Å². The van der Waals surface area contributed by atoms with Gasteiger partial charge in [0.05, 0.1) is 0 Å². The first kappa shape index (κ1) is 8.54. The predicted octanol–water partition coefficient (Wildman–Crippen LogP) is 3.24. The molecule has 1 aromatic rings. The monoisotopic (exact) mass is 155 g/mol. The summed E-state index contributed by atoms with van der Waals surface area (Å²) >= 11 is 0. The summed E-state index contributed by atoms with van der Waals surface area (Å²) in [5, 5.41) is 0. The molecule has 0 unspecified atom stereocenters. The summed E-state index contributed by atoms with van der Waals surface area (Å²) in [5.41, 5.74) is 1.18. The fraction of sp³-hybridized carbons (Fsp3) is 0. The SMILES string of the molecule is C=C/C=C/C=C/c1cc[c]cc1. The van der Waals surface area contributed by atoms with E-state index in [1.807, 2.05) is 48.6 Å². The first-order valence-electron chi connectivity index (χ1n) is 3.85. The maximum atomic E-state index is 3.58. The van der Waals surface area contributed by atoms with Crippen LogP contribution in [0.15, 0.2) is 55.1 Å². The topological polar surface area (TPSA) is 0 Å². The largest absolute Gasteiger partial charge is 0.0991 e. The van der Waals surface area contributed by atoms with Crippen LogP contribution >= 0.6 is 0 Å². The summed E-state index contributed by atoms with van der Waals surface area (Å²) < 4.78 is 0. The highest BCUT2D eigenvalue weighted by Gasteiger charge is 1.79. The van der Waals surface area contributed by atoms with Crippen molar-refractivity contribution >= 4 is 6.08 Å². The Hall–Kier alpha value is -1.56. The Morgan fingerprint density at radius 1 is 1.08 bits per heavy atom. The molecule has 0 fully saturated rings. The van der Waals surface area contributed by atoms with Crippen LogP contribution in [0.5, 0.6) is 0 Å². The molecule has 0 amide bonds. The number of benzene rings is 1. The van der Waals surface area contributed by atoms with Crippen molar-refractivity contribution in [1.82, 2.24) is 0 Å². The van der Waals surface area contributed by atoms with Crippen LogP contribution in [-0.4, -0.2) is 0 Å². The lowest BCUT2D eigenvalue weighted by Crippen LogP contribution is -1.66. The molecule has 0 heterocycles. The van der Waals surface area contributed by atoms with Gasteiger partial charge in [-0.3, -0.25) is 0 Å². The molecule has 0 bridgehead atoms. The average molecular weight is 155 g/mol. The molecule has 0 nitrogen and oxygen atoms in total. The molecule has 0 atom stereocenters. The van der Waals surface area contributed by atoms with E-state index in [4.69, 9.17) is 0 Å². The van der Waals surface area contributed by atoms with Gasteiger partial charge in [0, 0.05) is 0 Å². The second kappa shape index (κ2) is 5.14. The van der Waals surface area contributed by atoms with Crippen LogP contribution in [0.1, 0.15) is 5.56 Å². The van der Waals surface area contributed by atoms with Crippen LogP contribution in [0.4, 0.5) is 0 Å². The molecule has 0 N–H and O–H groups in total. The van der Waals surface area contributed by atoms with E-state index in [9.17, 15) is 0 Å². The Labute approximate surface area is 73.6 Å². The van der Waals surface area contributed by atoms with E-state index < -0.39 is 0 Å². The highest BCUT2D eigenvalue weighted by molar-refractivity contribution is 5.50. The Morgan fingerprint density at radius 3 is 2.50 bits per heavy atom. The third kappa shape index (κ3) is 3.02. The van der Waals surface area contributed by atoms with Crippen molar-refractivity contribution in [1.29, 1.82) is 0 Å². The third-order valence-electron chi connectivity index (χ3n) is 1.39. The van der Waals surface area contributed by atoms with E-state index >= 15 is 0 Å². The van der Waals surface area contributed by atoms with Gasteiger partial charge in [0.25, 0.3) is 0 Å². The van der Waals surface area contributed by atoms with Crippen molar-refractivity contribution < 1.29 is 0 Å². The van der Waals surface area contributed by atoms with Gasteiger partial charge in [-0.15, -0.1) is 0 Å². The first-order chi connectivity index (χ1) is 5.93. The fourth-order valence-electron chi connectivity index (χ4n) is 0.820. The van der Waals surface area contributed by atoms with Crippen molar-refractivity contribution in [3.05, 3.63) is 66.8 Å². The molecule has 1 aromatic carbocycles. The average Bonchev–Trinajstić information content (AvgIpc) is 2.14. The smallest absolute Gasteiger partial charge is 0.0184 e. The Bertz CT molecular complexity index is 278. The highest BCUT2D eigenvalue weighted by Crippen LogP contribution is 2.00. The summed E-state index contributed by atoms with van der Waals surface area (Å²) in [4.78, 5) is 0. The third-order valence-corrected chi connectivity index (χ3v) is 1.39. The van der Waals surface area contributed by atoms with Crippen LogP contribution in [0.25, 0.3) is 6.08 Å². The van der Waals surface area contributed by atoms with Gasteiger partial charge >= 0.3 is 0 Å². The lowest BCUT2D eigenvalue weighted by Gasteiger charge is -1.87. The van der Waals surface area contributed by atoms with E-state index in [-0.39, 0.29) is 0 Å². The van der Waals surface area contributed by atoms with Gasteiger partial charge in [-0.25, -0.2) is 0 Å². The van der Waals surface area contributed by atoms with Crippen LogP contribution in [0, 0.1) is 6.07 Å². The maximum Gasteiger partial charge on any atom is -0.0184 e. The van der Waals surface area contributed by atoms with E-state index in [0.29, 0.717) is 0 Å². The molecule has 0 heteroatoms. The molecule has 0 spiro atoms. The molecule has 1 rings (SSSR count). The molecule has 0 aliphatic heterocycles. The van der Waals surface area contributed by atoms with E-state index in [0.717, 1.165) is 0 Å². The lowest BCUT2D eigenvalue weighted by molar-refractivity contribution is 1.65. The summed E-state index contributed by atoms with van der Waals surface area (Å²) in [5.74, 6) is 0. The van der Waals surface area contributed by atoms with Gasteiger partial charge < -0.3 is 0 Å². The molecule has 0 saturated carbocycles. The highest BCUT2D eigenvalue weighted by atomic mass is 13.8. The van der Waals surface area contributed by atoms with Crippen molar-refractivity contribution in [2.75, 3.05) is 0 Å². The molecular weight excluding hydrogens is 144 g/mol. The van der Waals surface area contributed by atoms with E-state index in [1.54, 1.807) is 6.08 Å².